The van der Waals surface area contributed by atoms with Crippen LogP contribution in [0.2, 0.25) is 0 Å². The highest BCUT2D eigenvalue weighted by molar-refractivity contribution is 5.86. The summed E-state index contributed by atoms with van der Waals surface area (Å²) >= 11 is 0. The van der Waals surface area contributed by atoms with Gasteiger partial charge in [0.05, 0.1) is 6.61 Å². The number of halogens is 1. The quantitative estimate of drug-likeness (QED) is 0.867. The van der Waals surface area contributed by atoms with Crippen LogP contribution in [-0.2, 0) is 6.42 Å². The minimum Gasteiger partial charge on any atom is -0.493 e. The molecule has 1 aromatic carbocycles. The van der Waals surface area contributed by atoms with Gasteiger partial charge in [-0.3, -0.25) is 0 Å². The van der Waals surface area contributed by atoms with Crippen LogP contribution in [0.3, 0.4) is 0 Å². The molecule has 2 atom stereocenters. The standard InChI is InChI=1S/C17H23NO2.ClH/c1-3-7-19-16-6-5-15-14(9-12(4-2)20-15)17(16)13-8-11(13)10-18;/h5-6,9,11,13H,3-4,7-8,10,18H2,1-2H3;1H/t11-,13+;/m1./s1. The normalized spacial score (nSPS) is 20.3. The van der Waals surface area contributed by atoms with Crippen molar-refractivity contribution in [3.63, 3.8) is 0 Å². The molecule has 3 nitrogen and oxygen atoms in total. The van der Waals surface area contributed by atoms with Crippen molar-refractivity contribution in [3.05, 3.63) is 29.5 Å². The predicted octanol–water partition coefficient (Wildman–Crippen LogP) is 4.27. The van der Waals surface area contributed by atoms with Crippen LogP contribution in [0.5, 0.6) is 5.75 Å². The van der Waals surface area contributed by atoms with Crippen molar-refractivity contribution in [2.24, 2.45) is 11.7 Å². The van der Waals surface area contributed by atoms with Gasteiger partial charge in [-0.2, -0.15) is 0 Å². The Morgan fingerprint density at radius 1 is 1.33 bits per heavy atom. The minimum atomic E-state index is 0. The summed E-state index contributed by atoms with van der Waals surface area (Å²) in [5.41, 5.74) is 8.11. The summed E-state index contributed by atoms with van der Waals surface area (Å²) in [4.78, 5) is 0. The van der Waals surface area contributed by atoms with Crippen LogP contribution in [0, 0.1) is 5.92 Å². The fourth-order valence-electron chi connectivity index (χ4n) is 2.92. The third-order valence-corrected chi connectivity index (χ3v) is 4.16. The average Bonchev–Trinajstić information content (AvgIpc) is 3.13. The van der Waals surface area contributed by atoms with Gasteiger partial charge < -0.3 is 14.9 Å². The lowest BCUT2D eigenvalue weighted by Crippen LogP contribution is -2.04. The molecule has 1 aliphatic carbocycles. The molecule has 0 amide bonds. The van der Waals surface area contributed by atoms with Crippen molar-refractivity contribution in [2.45, 2.75) is 39.0 Å². The van der Waals surface area contributed by atoms with E-state index in [1.54, 1.807) is 0 Å². The van der Waals surface area contributed by atoms with Gasteiger partial charge in [0.1, 0.15) is 17.1 Å². The second kappa shape index (κ2) is 6.71. The van der Waals surface area contributed by atoms with E-state index in [9.17, 15) is 0 Å². The number of hydrogen-bond acceptors (Lipinski definition) is 3. The molecule has 0 radical (unpaired) electrons. The molecule has 2 N–H and O–H groups in total. The summed E-state index contributed by atoms with van der Waals surface area (Å²) in [5, 5.41) is 1.22. The van der Waals surface area contributed by atoms with Crippen LogP contribution in [0.1, 0.15) is 43.9 Å². The van der Waals surface area contributed by atoms with Gasteiger partial charge in [0.15, 0.2) is 0 Å². The van der Waals surface area contributed by atoms with Gasteiger partial charge in [-0.05, 0) is 49.4 Å². The molecule has 0 unspecified atom stereocenters. The molecule has 3 rings (SSSR count). The van der Waals surface area contributed by atoms with Gasteiger partial charge in [0.2, 0.25) is 0 Å². The van der Waals surface area contributed by atoms with Crippen molar-refractivity contribution < 1.29 is 9.15 Å². The molecule has 4 heteroatoms. The van der Waals surface area contributed by atoms with Crippen molar-refractivity contribution in [1.29, 1.82) is 0 Å². The fourth-order valence-corrected chi connectivity index (χ4v) is 2.92. The predicted molar refractivity (Wildman–Crippen MR) is 88.5 cm³/mol. The lowest BCUT2D eigenvalue weighted by atomic mass is 10.0. The first kappa shape index (κ1) is 16.2. The molecule has 21 heavy (non-hydrogen) atoms. The lowest BCUT2D eigenvalue weighted by Gasteiger charge is -2.11. The molecule has 116 valence electrons. The summed E-state index contributed by atoms with van der Waals surface area (Å²) in [6.07, 6.45) is 3.11. The third kappa shape index (κ3) is 3.04. The van der Waals surface area contributed by atoms with Crippen LogP contribution in [0.4, 0.5) is 0 Å². The first-order valence-electron chi connectivity index (χ1n) is 7.66. The van der Waals surface area contributed by atoms with Gasteiger partial charge >= 0.3 is 0 Å². The maximum absolute atomic E-state index is 5.95. The van der Waals surface area contributed by atoms with Crippen molar-refractivity contribution in [3.8, 4) is 5.75 Å². The number of hydrogen-bond donors (Lipinski definition) is 1. The van der Waals surface area contributed by atoms with Gasteiger partial charge in [-0.1, -0.05) is 13.8 Å². The van der Waals surface area contributed by atoms with E-state index in [2.05, 4.69) is 26.0 Å². The average molecular weight is 310 g/mol. The fraction of sp³-hybridized carbons (Fsp3) is 0.529. The Hall–Kier alpha value is -1.19. The van der Waals surface area contributed by atoms with Crippen molar-refractivity contribution in [1.82, 2.24) is 0 Å². The number of rotatable bonds is 6. The number of ether oxygens (including phenoxy) is 1. The van der Waals surface area contributed by atoms with Crippen LogP contribution in [-0.4, -0.2) is 13.2 Å². The van der Waals surface area contributed by atoms with E-state index >= 15 is 0 Å². The Morgan fingerprint density at radius 3 is 2.76 bits per heavy atom. The van der Waals surface area contributed by atoms with Gasteiger partial charge in [-0.15, -0.1) is 12.4 Å². The maximum Gasteiger partial charge on any atom is 0.134 e. The summed E-state index contributed by atoms with van der Waals surface area (Å²) in [6.45, 7) is 5.76. The molecule has 2 aromatic rings. The van der Waals surface area contributed by atoms with Crippen molar-refractivity contribution in [2.75, 3.05) is 13.2 Å². The summed E-state index contributed by atoms with van der Waals surface area (Å²) in [6, 6.07) is 6.26. The van der Waals surface area contributed by atoms with Crippen LogP contribution < -0.4 is 10.5 Å². The number of aryl methyl sites for hydroxylation is 1. The summed E-state index contributed by atoms with van der Waals surface area (Å²) < 4.78 is 11.8. The highest BCUT2D eigenvalue weighted by atomic mass is 35.5. The van der Waals surface area contributed by atoms with E-state index in [-0.39, 0.29) is 12.4 Å². The van der Waals surface area contributed by atoms with Crippen LogP contribution in [0.25, 0.3) is 11.0 Å². The minimum absolute atomic E-state index is 0. The van der Waals surface area contributed by atoms with Crippen LogP contribution in [0.15, 0.2) is 22.6 Å². The van der Waals surface area contributed by atoms with Gasteiger partial charge in [-0.25, -0.2) is 0 Å². The highest BCUT2D eigenvalue weighted by Crippen LogP contribution is 2.52. The molecular weight excluding hydrogens is 286 g/mol. The molecule has 1 saturated carbocycles. The highest BCUT2D eigenvalue weighted by Gasteiger charge is 2.40. The number of benzene rings is 1. The van der Waals surface area contributed by atoms with E-state index in [0.29, 0.717) is 11.8 Å². The number of fused-ring (bicyclic) bond motifs is 1. The molecule has 1 fully saturated rings. The zero-order valence-corrected chi connectivity index (χ0v) is 13.5. The Morgan fingerprint density at radius 2 is 2.14 bits per heavy atom. The first-order chi connectivity index (χ1) is 9.78. The first-order valence-corrected chi connectivity index (χ1v) is 7.66. The second-order valence-corrected chi connectivity index (χ2v) is 5.64. The SMILES string of the molecule is CCCOc1ccc2oc(CC)cc2c1[C@H]1C[C@@H]1CN.Cl. The molecule has 1 aliphatic rings. The van der Waals surface area contributed by atoms with E-state index in [1.165, 1.54) is 17.4 Å². The molecular formula is C17H24ClNO2. The van der Waals surface area contributed by atoms with Crippen LogP contribution >= 0.6 is 12.4 Å². The molecule has 0 aliphatic heterocycles. The Balaban J connectivity index is 0.00000161. The van der Waals surface area contributed by atoms with Gasteiger partial charge in [0.25, 0.3) is 0 Å². The summed E-state index contributed by atoms with van der Waals surface area (Å²) in [5.74, 6) is 3.20. The summed E-state index contributed by atoms with van der Waals surface area (Å²) in [7, 11) is 0. The molecule has 0 spiro atoms. The molecule has 0 bridgehead atoms. The topological polar surface area (TPSA) is 48.4 Å². The van der Waals surface area contributed by atoms with E-state index in [0.717, 1.165) is 43.1 Å². The third-order valence-electron chi connectivity index (χ3n) is 4.16. The Labute approximate surface area is 132 Å². The zero-order chi connectivity index (χ0) is 14.1. The largest absolute Gasteiger partial charge is 0.493 e. The smallest absolute Gasteiger partial charge is 0.134 e. The Kier molecular flexibility index (Phi) is 5.17. The number of nitrogens with two attached hydrogens (primary N) is 1. The van der Waals surface area contributed by atoms with E-state index in [1.807, 2.05) is 6.07 Å². The molecule has 1 heterocycles. The van der Waals surface area contributed by atoms with Crippen molar-refractivity contribution >= 4 is 23.4 Å². The van der Waals surface area contributed by atoms with E-state index in [4.69, 9.17) is 14.9 Å². The lowest BCUT2D eigenvalue weighted by molar-refractivity contribution is 0.314. The molecule has 0 saturated heterocycles. The monoisotopic (exact) mass is 309 g/mol. The maximum atomic E-state index is 5.95. The molecule has 1 aromatic heterocycles. The van der Waals surface area contributed by atoms with Gasteiger partial charge in [0, 0.05) is 17.4 Å². The number of furan rings is 1. The second-order valence-electron chi connectivity index (χ2n) is 5.64. The zero-order valence-electron chi connectivity index (χ0n) is 12.7. The Bertz CT molecular complexity index is 608. The van der Waals surface area contributed by atoms with E-state index < -0.39 is 0 Å².